The molecule has 3 unspecified atom stereocenters. The summed E-state index contributed by atoms with van der Waals surface area (Å²) in [6, 6.07) is 1.23. The van der Waals surface area contributed by atoms with Crippen molar-refractivity contribution in [2.75, 3.05) is 6.61 Å². The van der Waals surface area contributed by atoms with Gasteiger partial charge in [0.05, 0.1) is 6.61 Å². The topological polar surface area (TPSA) is 108 Å². The largest absolute Gasteiger partial charge is 0.393 e. The minimum Gasteiger partial charge on any atom is -0.393 e. The molecule has 1 aromatic rings. The molecular formula is C11H16N2O5S. The Kier molecular flexibility index (Phi) is 3.40. The number of hydrogen-bond donors (Lipinski definition) is 4. The van der Waals surface area contributed by atoms with Crippen LogP contribution >= 0.6 is 12.2 Å². The SMILES string of the molecule is CC1(CO)O[C@@H](n2ccc(=O)[nH]c2=S)C(C)(O)C1O. The lowest BCUT2D eigenvalue weighted by molar-refractivity contribution is -0.121. The van der Waals surface area contributed by atoms with Crippen molar-refractivity contribution >= 4 is 12.2 Å². The Morgan fingerprint density at radius 2 is 2.21 bits per heavy atom. The quantitative estimate of drug-likeness (QED) is 0.536. The molecule has 0 aromatic carbocycles. The Morgan fingerprint density at radius 1 is 1.58 bits per heavy atom. The number of aromatic amines is 1. The molecule has 106 valence electrons. The number of aromatic nitrogens is 2. The zero-order valence-electron chi connectivity index (χ0n) is 10.5. The minimum atomic E-state index is -1.66. The lowest BCUT2D eigenvalue weighted by atomic mass is 9.89. The maximum Gasteiger partial charge on any atom is 0.251 e. The Labute approximate surface area is 114 Å². The van der Waals surface area contributed by atoms with Gasteiger partial charge >= 0.3 is 0 Å². The highest BCUT2D eigenvalue weighted by atomic mass is 32.1. The fraction of sp³-hybridized carbons (Fsp3) is 0.636. The van der Waals surface area contributed by atoms with Gasteiger partial charge in [-0.25, -0.2) is 0 Å². The van der Waals surface area contributed by atoms with E-state index in [1.807, 2.05) is 0 Å². The Morgan fingerprint density at radius 3 is 2.68 bits per heavy atom. The van der Waals surface area contributed by atoms with E-state index in [1.165, 1.54) is 30.7 Å². The van der Waals surface area contributed by atoms with Gasteiger partial charge in [-0.3, -0.25) is 14.3 Å². The van der Waals surface area contributed by atoms with Crippen molar-refractivity contribution in [2.24, 2.45) is 0 Å². The molecule has 1 aliphatic rings. The summed E-state index contributed by atoms with van der Waals surface area (Å²) in [4.78, 5) is 13.5. The van der Waals surface area contributed by atoms with E-state index in [0.717, 1.165) is 0 Å². The average Bonchev–Trinajstić information content (AvgIpc) is 2.51. The van der Waals surface area contributed by atoms with E-state index in [1.54, 1.807) is 0 Å². The third-order valence-electron chi connectivity index (χ3n) is 3.43. The van der Waals surface area contributed by atoms with Gasteiger partial charge in [-0.15, -0.1) is 0 Å². The van der Waals surface area contributed by atoms with Crippen LogP contribution in [-0.4, -0.2) is 48.8 Å². The fourth-order valence-corrected chi connectivity index (χ4v) is 2.52. The molecule has 0 aliphatic carbocycles. The number of rotatable bonds is 2. The summed E-state index contributed by atoms with van der Waals surface area (Å²) in [5, 5.41) is 29.8. The third kappa shape index (κ3) is 2.15. The predicted molar refractivity (Wildman–Crippen MR) is 68.1 cm³/mol. The molecular weight excluding hydrogens is 272 g/mol. The van der Waals surface area contributed by atoms with Crippen molar-refractivity contribution < 1.29 is 20.1 Å². The lowest BCUT2D eigenvalue weighted by Gasteiger charge is -2.29. The number of H-pyrrole nitrogens is 1. The van der Waals surface area contributed by atoms with Crippen molar-refractivity contribution in [1.29, 1.82) is 0 Å². The first-order valence-corrected chi connectivity index (χ1v) is 6.14. The molecule has 0 bridgehead atoms. The second kappa shape index (κ2) is 4.50. The standard InChI is InChI=1S/C11H16N2O5S/c1-10(5-14)7(16)11(2,17)8(18-10)13-4-3-6(15)12-9(13)19/h3-4,7-8,14,16-17H,5H2,1-2H3,(H,12,15,19)/t7?,8-,10?,11?/m1/s1. The summed E-state index contributed by atoms with van der Waals surface area (Å²) in [5.41, 5.74) is -3.34. The van der Waals surface area contributed by atoms with E-state index in [2.05, 4.69) is 4.98 Å². The van der Waals surface area contributed by atoms with E-state index >= 15 is 0 Å². The highest BCUT2D eigenvalue weighted by Crippen LogP contribution is 2.43. The number of hydrogen-bond acceptors (Lipinski definition) is 6. The average molecular weight is 288 g/mol. The van der Waals surface area contributed by atoms with Gasteiger partial charge in [-0.1, -0.05) is 0 Å². The van der Waals surface area contributed by atoms with Crippen LogP contribution in [0.4, 0.5) is 0 Å². The molecule has 0 saturated carbocycles. The van der Waals surface area contributed by atoms with Crippen LogP contribution in [0.1, 0.15) is 20.1 Å². The summed E-state index contributed by atoms with van der Waals surface area (Å²) in [6.45, 7) is 2.41. The van der Waals surface area contributed by atoms with Crippen LogP contribution in [0.2, 0.25) is 0 Å². The molecule has 2 rings (SSSR count). The molecule has 2 heterocycles. The first-order valence-electron chi connectivity index (χ1n) is 5.73. The Balaban J connectivity index is 2.51. The van der Waals surface area contributed by atoms with E-state index in [9.17, 15) is 20.1 Å². The van der Waals surface area contributed by atoms with Crippen LogP contribution < -0.4 is 5.56 Å². The molecule has 0 spiro atoms. The summed E-state index contributed by atoms with van der Waals surface area (Å²) < 4.78 is 6.95. The van der Waals surface area contributed by atoms with Gasteiger partial charge < -0.3 is 20.1 Å². The monoisotopic (exact) mass is 288 g/mol. The Bertz CT molecular complexity index is 595. The van der Waals surface area contributed by atoms with Gasteiger partial charge in [0.25, 0.3) is 5.56 Å². The smallest absolute Gasteiger partial charge is 0.251 e. The summed E-state index contributed by atoms with van der Waals surface area (Å²) >= 11 is 5.00. The minimum absolute atomic E-state index is 0.0622. The van der Waals surface area contributed by atoms with Crippen molar-refractivity contribution in [2.45, 2.75) is 37.4 Å². The zero-order chi connectivity index (χ0) is 14.4. The van der Waals surface area contributed by atoms with Crippen molar-refractivity contribution in [3.8, 4) is 0 Å². The van der Waals surface area contributed by atoms with Crippen molar-refractivity contribution in [1.82, 2.24) is 9.55 Å². The van der Waals surface area contributed by atoms with Crippen LogP contribution in [-0.2, 0) is 4.74 Å². The van der Waals surface area contributed by atoms with Gasteiger partial charge in [0, 0.05) is 12.3 Å². The second-order valence-corrected chi connectivity index (χ2v) is 5.47. The van der Waals surface area contributed by atoms with Gasteiger partial charge in [0.15, 0.2) is 11.0 Å². The van der Waals surface area contributed by atoms with Gasteiger partial charge in [-0.2, -0.15) is 0 Å². The summed E-state index contributed by atoms with van der Waals surface area (Å²) in [6.07, 6.45) is -0.941. The number of ether oxygens (including phenoxy) is 1. The number of nitrogens with zero attached hydrogens (tertiary/aromatic N) is 1. The lowest BCUT2D eigenvalue weighted by Crippen LogP contribution is -2.49. The summed E-state index contributed by atoms with van der Waals surface area (Å²) in [5.74, 6) is 0. The number of nitrogens with one attached hydrogen (secondary N) is 1. The van der Waals surface area contributed by atoms with Crippen LogP contribution in [0.15, 0.2) is 17.1 Å². The van der Waals surface area contributed by atoms with E-state index < -0.39 is 30.1 Å². The van der Waals surface area contributed by atoms with Crippen LogP contribution in [0, 0.1) is 4.77 Å². The molecule has 19 heavy (non-hydrogen) atoms. The summed E-state index contributed by atoms with van der Waals surface area (Å²) in [7, 11) is 0. The van der Waals surface area contributed by atoms with E-state index in [-0.39, 0.29) is 10.3 Å². The van der Waals surface area contributed by atoms with E-state index in [0.29, 0.717) is 0 Å². The van der Waals surface area contributed by atoms with Gasteiger partial charge in [-0.05, 0) is 26.1 Å². The molecule has 1 fully saturated rings. The highest BCUT2D eigenvalue weighted by Gasteiger charge is 2.59. The maximum absolute atomic E-state index is 11.1. The number of aliphatic hydroxyl groups is 3. The van der Waals surface area contributed by atoms with Gasteiger partial charge in [0.1, 0.15) is 17.3 Å². The van der Waals surface area contributed by atoms with E-state index in [4.69, 9.17) is 17.0 Å². The molecule has 0 amide bonds. The maximum atomic E-state index is 11.1. The predicted octanol–water partition coefficient (Wildman–Crippen LogP) is -0.702. The van der Waals surface area contributed by atoms with Gasteiger partial charge in [0.2, 0.25) is 0 Å². The Hall–Kier alpha value is -1.06. The van der Waals surface area contributed by atoms with Crippen molar-refractivity contribution in [3.05, 3.63) is 27.4 Å². The molecule has 1 aliphatic heterocycles. The van der Waals surface area contributed by atoms with Crippen LogP contribution in [0.25, 0.3) is 0 Å². The third-order valence-corrected chi connectivity index (χ3v) is 3.74. The first kappa shape index (κ1) is 14.4. The molecule has 4 N–H and O–H groups in total. The molecule has 1 aromatic heterocycles. The molecule has 7 nitrogen and oxygen atoms in total. The molecule has 0 radical (unpaired) electrons. The van der Waals surface area contributed by atoms with Crippen LogP contribution in [0.3, 0.4) is 0 Å². The number of aliphatic hydroxyl groups excluding tert-OH is 2. The molecule has 8 heteroatoms. The molecule has 1 saturated heterocycles. The first-order chi connectivity index (χ1) is 8.72. The van der Waals surface area contributed by atoms with Crippen molar-refractivity contribution in [3.63, 3.8) is 0 Å². The molecule has 4 atom stereocenters. The normalized spacial score (nSPS) is 38.6. The zero-order valence-corrected chi connectivity index (χ0v) is 11.3. The highest BCUT2D eigenvalue weighted by molar-refractivity contribution is 7.71. The fourth-order valence-electron chi connectivity index (χ4n) is 2.27. The second-order valence-electron chi connectivity index (χ2n) is 5.09. The van der Waals surface area contributed by atoms with Crippen LogP contribution in [0.5, 0.6) is 0 Å².